The third kappa shape index (κ3) is 3.18. The summed E-state index contributed by atoms with van der Waals surface area (Å²) in [7, 11) is 0. The van der Waals surface area contributed by atoms with Crippen LogP contribution in [0.2, 0.25) is 0 Å². The minimum absolute atomic E-state index is 0.0989. The van der Waals surface area contributed by atoms with E-state index in [2.05, 4.69) is 21.8 Å². The first-order chi connectivity index (χ1) is 8.83. The zero-order chi connectivity index (χ0) is 12.8. The first-order valence-corrected chi connectivity index (χ1v) is 6.23. The van der Waals surface area contributed by atoms with E-state index in [9.17, 15) is 0 Å². The fourth-order valence-corrected chi connectivity index (χ4v) is 1.88. The summed E-state index contributed by atoms with van der Waals surface area (Å²) in [5.74, 6) is 1.06. The maximum Gasteiger partial charge on any atom is 0.122 e. The van der Waals surface area contributed by atoms with Crippen LogP contribution in [0.15, 0.2) is 36.7 Å². The Morgan fingerprint density at radius 3 is 2.56 bits per heavy atom. The van der Waals surface area contributed by atoms with Gasteiger partial charge in [-0.2, -0.15) is 0 Å². The summed E-state index contributed by atoms with van der Waals surface area (Å²) in [6.45, 7) is 4.73. The lowest BCUT2D eigenvalue weighted by atomic mass is 10.1. The van der Waals surface area contributed by atoms with Crippen LogP contribution in [0.3, 0.4) is 0 Å². The summed E-state index contributed by atoms with van der Waals surface area (Å²) in [5, 5.41) is 12.3. The average Bonchev–Trinajstić information content (AvgIpc) is 2.87. The van der Waals surface area contributed by atoms with Crippen molar-refractivity contribution in [1.29, 1.82) is 0 Å². The van der Waals surface area contributed by atoms with Crippen LogP contribution in [-0.2, 0) is 26.2 Å². The molecule has 1 heterocycles. The average molecular weight is 245 g/mol. The van der Waals surface area contributed by atoms with E-state index >= 15 is 0 Å². The predicted octanol–water partition coefficient (Wildman–Crippen LogP) is 1.69. The normalized spacial score (nSPS) is 10.8. The van der Waals surface area contributed by atoms with Crippen LogP contribution < -0.4 is 5.32 Å². The van der Waals surface area contributed by atoms with Crippen molar-refractivity contribution in [3.05, 3.63) is 53.6 Å². The maximum atomic E-state index is 8.96. The van der Waals surface area contributed by atoms with Gasteiger partial charge < -0.3 is 15.0 Å². The monoisotopic (exact) mass is 245 g/mol. The zero-order valence-corrected chi connectivity index (χ0v) is 10.6. The van der Waals surface area contributed by atoms with Crippen LogP contribution in [0.1, 0.15) is 23.9 Å². The summed E-state index contributed by atoms with van der Waals surface area (Å²) >= 11 is 0. The molecule has 0 aliphatic carbocycles. The smallest absolute Gasteiger partial charge is 0.122 e. The number of imidazole rings is 1. The minimum Gasteiger partial charge on any atom is -0.392 e. The number of aliphatic hydroxyl groups excluding tert-OH is 1. The number of aromatic nitrogens is 2. The molecule has 0 saturated heterocycles. The van der Waals surface area contributed by atoms with Crippen molar-refractivity contribution < 1.29 is 5.11 Å². The lowest BCUT2D eigenvalue weighted by molar-refractivity contribution is 0.282. The van der Waals surface area contributed by atoms with Crippen LogP contribution in [-0.4, -0.2) is 14.7 Å². The first-order valence-electron chi connectivity index (χ1n) is 6.23. The highest BCUT2D eigenvalue weighted by atomic mass is 16.3. The van der Waals surface area contributed by atoms with Crippen LogP contribution in [0, 0.1) is 0 Å². The van der Waals surface area contributed by atoms with Gasteiger partial charge >= 0.3 is 0 Å². The number of hydrogen-bond acceptors (Lipinski definition) is 3. The van der Waals surface area contributed by atoms with Gasteiger partial charge in [0.1, 0.15) is 5.82 Å². The summed E-state index contributed by atoms with van der Waals surface area (Å²) in [4.78, 5) is 4.31. The Labute approximate surface area is 107 Å². The number of nitrogens with one attached hydrogen (secondary N) is 1. The Kier molecular flexibility index (Phi) is 4.50. The van der Waals surface area contributed by atoms with E-state index in [-0.39, 0.29) is 6.61 Å². The number of hydrogen-bond donors (Lipinski definition) is 2. The molecule has 4 heteroatoms. The van der Waals surface area contributed by atoms with Crippen molar-refractivity contribution in [3.63, 3.8) is 0 Å². The fourth-order valence-electron chi connectivity index (χ4n) is 1.88. The Morgan fingerprint density at radius 1 is 1.17 bits per heavy atom. The topological polar surface area (TPSA) is 50.1 Å². The first kappa shape index (κ1) is 12.8. The highest BCUT2D eigenvalue weighted by molar-refractivity contribution is 5.21. The summed E-state index contributed by atoms with van der Waals surface area (Å²) < 4.78 is 2.13. The Hall–Kier alpha value is -1.65. The summed E-state index contributed by atoms with van der Waals surface area (Å²) in [6, 6.07) is 7.96. The number of aryl methyl sites for hydroxylation is 1. The van der Waals surface area contributed by atoms with E-state index in [1.807, 2.05) is 36.7 Å². The van der Waals surface area contributed by atoms with Crippen molar-refractivity contribution in [2.24, 2.45) is 0 Å². The van der Waals surface area contributed by atoms with Crippen LogP contribution in [0.4, 0.5) is 0 Å². The lowest BCUT2D eigenvalue weighted by Crippen LogP contribution is -2.16. The van der Waals surface area contributed by atoms with Gasteiger partial charge in [-0.05, 0) is 18.1 Å². The van der Waals surface area contributed by atoms with Gasteiger partial charge in [0.05, 0.1) is 13.2 Å². The van der Waals surface area contributed by atoms with Gasteiger partial charge in [0, 0.05) is 25.5 Å². The van der Waals surface area contributed by atoms with E-state index in [0.717, 1.165) is 31.0 Å². The van der Waals surface area contributed by atoms with Crippen LogP contribution in [0.5, 0.6) is 0 Å². The summed E-state index contributed by atoms with van der Waals surface area (Å²) in [5.41, 5.74) is 2.15. The highest BCUT2D eigenvalue weighted by Gasteiger charge is 2.00. The van der Waals surface area contributed by atoms with Gasteiger partial charge in [-0.15, -0.1) is 0 Å². The molecule has 0 spiro atoms. The molecule has 0 atom stereocenters. The molecule has 0 amide bonds. The van der Waals surface area contributed by atoms with Crippen molar-refractivity contribution in [2.45, 2.75) is 33.2 Å². The third-order valence-corrected chi connectivity index (χ3v) is 2.96. The highest BCUT2D eigenvalue weighted by Crippen LogP contribution is 2.04. The van der Waals surface area contributed by atoms with Crippen molar-refractivity contribution in [2.75, 3.05) is 0 Å². The molecule has 2 aromatic rings. The van der Waals surface area contributed by atoms with Crippen LogP contribution in [0.25, 0.3) is 0 Å². The molecule has 1 aromatic heterocycles. The molecule has 0 fully saturated rings. The molecule has 0 bridgehead atoms. The molecule has 0 unspecified atom stereocenters. The molecule has 0 radical (unpaired) electrons. The van der Waals surface area contributed by atoms with E-state index < -0.39 is 0 Å². The van der Waals surface area contributed by atoms with E-state index in [4.69, 9.17) is 5.11 Å². The number of nitrogens with zero attached hydrogens (tertiary/aromatic N) is 2. The Bertz CT molecular complexity index is 476. The molecule has 0 saturated carbocycles. The quantitative estimate of drug-likeness (QED) is 0.814. The second kappa shape index (κ2) is 6.33. The molecule has 0 aliphatic heterocycles. The Morgan fingerprint density at radius 2 is 1.89 bits per heavy atom. The molecule has 4 nitrogen and oxygen atoms in total. The SMILES string of the molecule is CCn1ccnc1CNCc1ccc(CO)cc1. The van der Waals surface area contributed by atoms with Gasteiger partial charge in [-0.3, -0.25) is 0 Å². The maximum absolute atomic E-state index is 8.96. The third-order valence-electron chi connectivity index (χ3n) is 2.96. The van der Waals surface area contributed by atoms with E-state index in [1.54, 1.807) is 0 Å². The molecule has 2 rings (SSSR count). The van der Waals surface area contributed by atoms with Gasteiger partial charge in [0.15, 0.2) is 0 Å². The molecule has 1 aromatic carbocycles. The van der Waals surface area contributed by atoms with E-state index in [1.165, 1.54) is 5.56 Å². The largest absolute Gasteiger partial charge is 0.392 e. The number of benzene rings is 1. The predicted molar refractivity (Wildman–Crippen MR) is 70.8 cm³/mol. The van der Waals surface area contributed by atoms with Gasteiger partial charge in [0.2, 0.25) is 0 Å². The second-order valence-electron chi connectivity index (χ2n) is 4.21. The van der Waals surface area contributed by atoms with Crippen molar-refractivity contribution in [1.82, 2.24) is 14.9 Å². The van der Waals surface area contributed by atoms with Gasteiger partial charge in [-0.1, -0.05) is 24.3 Å². The Balaban J connectivity index is 1.84. The molecule has 0 aliphatic rings. The standard InChI is InChI=1S/C14H19N3O/c1-2-17-8-7-16-14(17)10-15-9-12-3-5-13(11-18)6-4-12/h3-8,15,18H,2,9-11H2,1H3. The van der Waals surface area contributed by atoms with Gasteiger partial charge in [-0.25, -0.2) is 4.98 Å². The fraction of sp³-hybridized carbons (Fsp3) is 0.357. The minimum atomic E-state index is 0.0989. The number of aliphatic hydroxyl groups is 1. The molecular weight excluding hydrogens is 226 g/mol. The van der Waals surface area contributed by atoms with Crippen molar-refractivity contribution >= 4 is 0 Å². The van der Waals surface area contributed by atoms with E-state index in [0.29, 0.717) is 0 Å². The summed E-state index contributed by atoms with van der Waals surface area (Å²) in [6.07, 6.45) is 3.82. The molecular formula is C14H19N3O. The van der Waals surface area contributed by atoms with Crippen molar-refractivity contribution in [3.8, 4) is 0 Å². The zero-order valence-electron chi connectivity index (χ0n) is 10.6. The van der Waals surface area contributed by atoms with Crippen LogP contribution >= 0.6 is 0 Å². The molecule has 96 valence electrons. The second-order valence-corrected chi connectivity index (χ2v) is 4.21. The number of rotatable bonds is 6. The lowest BCUT2D eigenvalue weighted by Gasteiger charge is -2.07. The van der Waals surface area contributed by atoms with Gasteiger partial charge in [0.25, 0.3) is 0 Å². The molecule has 2 N–H and O–H groups in total. The molecule has 18 heavy (non-hydrogen) atoms.